The first-order chi connectivity index (χ1) is 2.91. The molecule has 0 N–H and O–H groups in total. The fraction of sp³-hybridized carbons (Fsp3) is 0.250. The van der Waals surface area contributed by atoms with Crippen molar-refractivity contribution < 1.29 is 0 Å². The van der Waals surface area contributed by atoms with Crippen LogP contribution in [0.5, 0.6) is 0 Å². The molecule has 32 valence electrons. The monoisotopic (exact) mass is 116 g/mol. The zero-order valence-corrected chi connectivity index (χ0v) is 4.81. The summed E-state index contributed by atoms with van der Waals surface area (Å²) in [5, 5.41) is 0. The van der Waals surface area contributed by atoms with E-state index >= 15 is 0 Å². The number of terminal acetylenes is 1. The highest BCUT2D eigenvalue weighted by atomic mass is 32.2. The van der Waals surface area contributed by atoms with Crippen molar-refractivity contribution in [2.45, 2.75) is 0 Å². The highest BCUT2D eigenvalue weighted by molar-refractivity contribution is 8.20. The van der Waals surface area contributed by atoms with Gasteiger partial charge in [-0.2, -0.15) is 0 Å². The third-order valence-electron chi connectivity index (χ3n) is 0.235. The summed E-state index contributed by atoms with van der Waals surface area (Å²) in [5.41, 5.74) is 0. The average Bonchev–Trinajstić information content (AvgIpc) is 1.61. The van der Waals surface area contributed by atoms with Crippen molar-refractivity contribution in [1.29, 1.82) is 0 Å². The summed E-state index contributed by atoms with van der Waals surface area (Å²) in [7, 11) is 0. The predicted molar refractivity (Wildman–Crippen MR) is 34.9 cm³/mol. The first-order valence-electron chi connectivity index (χ1n) is 1.40. The summed E-state index contributed by atoms with van der Waals surface area (Å²) in [5.74, 6) is 3.13. The van der Waals surface area contributed by atoms with Crippen LogP contribution in [0.1, 0.15) is 0 Å². The first kappa shape index (κ1) is 6.00. The van der Waals surface area contributed by atoms with Gasteiger partial charge < -0.3 is 0 Å². The van der Waals surface area contributed by atoms with Crippen LogP contribution in [0, 0.1) is 12.3 Å². The van der Waals surface area contributed by atoms with Crippen LogP contribution >= 0.6 is 24.0 Å². The molecule has 0 rings (SSSR count). The molecule has 0 radical (unpaired) electrons. The maximum atomic E-state index is 4.88. The molecule has 0 aromatic carbocycles. The Labute approximate surface area is 47.3 Å². The van der Waals surface area contributed by atoms with Gasteiger partial charge in [-0.3, -0.25) is 0 Å². The van der Waals surface area contributed by atoms with Gasteiger partial charge in [-0.25, -0.2) is 0 Å². The van der Waals surface area contributed by atoms with Crippen molar-refractivity contribution in [3.05, 3.63) is 0 Å². The molecule has 0 aliphatic heterocycles. The van der Waals surface area contributed by atoms with E-state index in [-0.39, 0.29) is 0 Å². The van der Waals surface area contributed by atoms with Crippen LogP contribution in [0.4, 0.5) is 0 Å². The Balaban J connectivity index is 2.72. The standard InChI is InChI=1S/C4H4S2/c1-2-3-6-4-5/h1,4H,3H2. The Kier molecular flexibility index (Phi) is 5.00. The van der Waals surface area contributed by atoms with Gasteiger partial charge in [-0.05, 0) is 0 Å². The van der Waals surface area contributed by atoms with Crippen LogP contribution in [0.15, 0.2) is 0 Å². The molecule has 0 aromatic heterocycles. The molecule has 0 atom stereocenters. The van der Waals surface area contributed by atoms with E-state index in [4.69, 9.17) is 6.42 Å². The van der Waals surface area contributed by atoms with E-state index in [1.165, 1.54) is 11.8 Å². The smallest absolute Gasteiger partial charge is 0.0594 e. The molecule has 0 bridgehead atoms. The minimum atomic E-state index is 0.698. The third-order valence-corrected chi connectivity index (χ3v) is 1.11. The van der Waals surface area contributed by atoms with Gasteiger partial charge in [0.15, 0.2) is 0 Å². The summed E-state index contributed by atoms with van der Waals surface area (Å²) in [4.78, 5) is 0. The van der Waals surface area contributed by atoms with Crippen LogP contribution in [-0.2, 0) is 0 Å². The van der Waals surface area contributed by atoms with E-state index in [9.17, 15) is 0 Å². The molecule has 0 nitrogen and oxygen atoms in total. The van der Waals surface area contributed by atoms with Crippen molar-refractivity contribution >= 4 is 28.7 Å². The second-order valence-electron chi connectivity index (χ2n) is 0.611. The molecule has 0 spiro atoms. The Morgan fingerprint density at radius 3 is 2.83 bits per heavy atom. The van der Waals surface area contributed by atoms with Gasteiger partial charge in [0.25, 0.3) is 0 Å². The van der Waals surface area contributed by atoms with E-state index in [1.54, 1.807) is 4.70 Å². The number of thiocarbonyl (C=S) groups is 1. The van der Waals surface area contributed by atoms with Crippen LogP contribution in [-0.4, -0.2) is 10.5 Å². The lowest BCUT2D eigenvalue weighted by Gasteiger charge is -1.72. The quantitative estimate of drug-likeness (QED) is 0.303. The molecule has 0 unspecified atom stereocenters. The van der Waals surface area contributed by atoms with Crippen molar-refractivity contribution in [2.24, 2.45) is 0 Å². The number of hydrogen-bond acceptors (Lipinski definition) is 2. The maximum absolute atomic E-state index is 4.88. The van der Waals surface area contributed by atoms with Crippen molar-refractivity contribution in [1.82, 2.24) is 0 Å². The molecule has 0 aliphatic rings. The minimum absolute atomic E-state index is 0.698. The van der Waals surface area contributed by atoms with Gasteiger partial charge in [0.1, 0.15) is 0 Å². The lowest BCUT2D eigenvalue weighted by atomic mass is 10.8. The van der Waals surface area contributed by atoms with Crippen LogP contribution in [0.25, 0.3) is 0 Å². The van der Waals surface area contributed by atoms with Gasteiger partial charge in [0.2, 0.25) is 0 Å². The van der Waals surface area contributed by atoms with Gasteiger partial charge >= 0.3 is 0 Å². The third kappa shape index (κ3) is 4.00. The number of thioether (sulfide) groups is 1. The predicted octanol–water partition coefficient (Wildman–Crippen LogP) is 1.31. The van der Waals surface area contributed by atoms with E-state index in [0.717, 1.165) is 0 Å². The summed E-state index contributed by atoms with van der Waals surface area (Å²) < 4.78 is 1.57. The fourth-order valence-corrected chi connectivity index (χ4v) is 0.451. The van der Waals surface area contributed by atoms with Gasteiger partial charge in [0, 0.05) is 4.70 Å². The highest BCUT2D eigenvalue weighted by Crippen LogP contribution is 1.89. The molecule has 0 fully saturated rings. The van der Waals surface area contributed by atoms with E-state index in [1.807, 2.05) is 0 Å². The zero-order valence-electron chi connectivity index (χ0n) is 3.18. The molecule has 6 heavy (non-hydrogen) atoms. The maximum Gasteiger partial charge on any atom is 0.0594 e. The largest absolute Gasteiger partial charge is 0.119 e. The van der Waals surface area contributed by atoms with Crippen LogP contribution in [0.3, 0.4) is 0 Å². The normalized spacial score (nSPS) is 6.50. The molecule has 0 aliphatic carbocycles. The Hall–Kier alpha value is -0.0000000000000000278. The molecular formula is C4H4S2. The lowest BCUT2D eigenvalue weighted by Crippen LogP contribution is -1.63. The minimum Gasteiger partial charge on any atom is -0.119 e. The van der Waals surface area contributed by atoms with E-state index in [0.29, 0.717) is 5.75 Å². The Morgan fingerprint density at radius 1 is 2.00 bits per heavy atom. The molecule has 0 saturated carbocycles. The lowest BCUT2D eigenvalue weighted by molar-refractivity contribution is 1.98. The zero-order chi connectivity index (χ0) is 4.83. The van der Waals surface area contributed by atoms with Crippen LogP contribution in [0.2, 0.25) is 0 Å². The first-order valence-corrected chi connectivity index (χ1v) is 2.92. The average molecular weight is 116 g/mol. The highest BCUT2D eigenvalue weighted by Gasteiger charge is 1.67. The van der Waals surface area contributed by atoms with Crippen LogP contribution < -0.4 is 0 Å². The van der Waals surface area contributed by atoms with E-state index < -0.39 is 0 Å². The summed E-state index contributed by atoms with van der Waals surface area (Å²) in [6.07, 6.45) is 4.88. The summed E-state index contributed by atoms with van der Waals surface area (Å²) in [6.45, 7) is 0. The fourth-order valence-electron chi connectivity index (χ4n) is 0.0821. The summed E-state index contributed by atoms with van der Waals surface area (Å²) in [6, 6.07) is 0. The molecule has 0 aromatic rings. The Morgan fingerprint density at radius 2 is 2.67 bits per heavy atom. The van der Waals surface area contributed by atoms with E-state index in [2.05, 4.69) is 18.1 Å². The molecule has 2 heteroatoms. The summed E-state index contributed by atoms with van der Waals surface area (Å²) >= 11 is 5.92. The molecular weight excluding hydrogens is 112 g/mol. The van der Waals surface area contributed by atoms with Gasteiger partial charge in [-0.15, -0.1) is 18.2 Å². The number of rotatable bonds is 2. The van der Waals surface area contributed by atoms with Crippen molar-refractivity contribution in [2.75, 3.05) is 5.75 Å². The van der Waals surface area contributed by atoms with Crippen molar-refractivity contribution in [3.63, 3.8) is 0 Å². The van der Waals surface area contributed by atoms with Crippen molar-refractivity contribution in [3.8, 4) is 12.3 Å². The second-order valence-corrected chi connectivity index (χ2v) is 2.00. The molecule has 0 amide bonds. The number of hydrogen-bond donors (Lipinski definition) is 0. The SMILES string of the molecule is C#CCSC=S. The molecule has 0 heterocycles. The van der Waals surface area contributed by atoms with Gasteiger partial charge in [-0.1, -0.05) is 18.1 Å². The van der Waals surface area contributed by atoms with Gasteiger partial charge in [0.05, 0.1) is 5.75 Å². The topological polar surface area (TPSA) is 0 Å². The molecule has 0 saturated heterocycles. The second kappa shape index (κ2) is 5.00. The Bertz CT molecular complexity index is 70.1.